The number of nitrogens with one attached hydrogen (secondary N) is 2. The number of anilines is 3. The Bertz CT molecular complexity index is 1590. The molecule has 11 nitrogen and oxygen atoms in total. The van der Waals surface area contributed by atoms with Crippen LogP contribution in [0.1, 0.15) is 88.4 Å². The van der Waals surface area contributed by atoms with Gasteiger partial charge in [-0.15, -0.1) is 0 Å². The van der Waals surface area contributed by atoms with E-state index in [2.05, 4.69) is 15.5 Å². The van der Waals surface area contributed by atoms with Gasteiger partial charge in [-0.1, -0.05) is 48.5 Å². The first-order valence-corrected chi connectivity index (χ1v) is 17.0. The number of rotatable bonds is 12. The van der Waals surface area contributed by atoms with E-state index in [-0.39, 0.29) is 55.5 Å². The van der Waals surface area contributed by atoms with Gasteiger partial charge in [0.2, 0.25) is 11.8 Å². The normalized spacial score (nSPS) is 21.2. The molecule has 5 N–H and O–H groups in total. The van der Waals surface area contributed by atoms with Crippen LogP contribution in [0.3, 0.4) is 0 Å². The molecule has 5 rings (SSSR count). The maximum Gasteiger partial charge on any atom is 0.323 e. The molecule has 2 amide bonds. The van der Waals surface area contributed by atoms with Crippen LogP contribution in [0.15, 0.2) is 72.8 Å². The molecule has 2 fully saturated rings. The minimum Gasteiger partial charge on any atom is -0.459 e. The third kappa shape index (κ3) is 10.4. The van der Waals surface area contributed by atoms with Gasteiger partial charge in [-0.3, -0.25) is 19.3 Å². The lowest BCUT2D eigenvalue weighted by Gasteiger charge is -2.38. The summed E-state index contributed by atoms with van der Waals surface area (Å²) >= 11 is 0. The predicted octanol–water partition coefficient (Wildman–Crippen LogP) is 5.86. The Balaban J connectivity index is 1.23. The molecule has 0 radical (unpaired) electrons. The Morgan fingerprint density at radius 3 is 2.39 bits per heavy atom. The van der Waals surface area contributed by atoms with Crippen molar-refractivity contribution in [2.24, 2.45) is 0 Å². The van der Waals surface area contributed by atoms with Crippen molar-refractivity contribution in [2.75, 3.05) is 29.5 Å². The molecule has 3 aromatic carbocycles. The quantitative estimate of drug-likeness (QED) is 0.137. The summed E-state index contributed by atoms with van der Waals surface area (Å²) in [5, 5.41) is 15.3. The lowest BCUT2D eigenvalue weighted by atomic mass is 9.99. The zero-order chi connectivity index (χ0) is 35.0. The van der Waals surface area contributed by atoms with Gasteiger partial charge in [0.15, 0.2) is 6.29 Å². The Hall–Kier alpha value is -4.29. The highest BCUT2D eigenvalue weighted by molar-refractivity contribution is 5.94. The van der Waals surface area contributed by atoms with Gasteiger partial charge < -0.3 is 35.7 Å². The second kappa shape index (κ2) is 16.4. The maximum absolute atomic E-state index is 13.0. The van der Waals surface area contributed by atoms with Crippen LogP contribution in [0.25, 0.3) is 0 Å². The Labute approximate surface area is 288 Å². The third-order valence-electron chi connectivity index (χ3n) is 8.58. The molecule has 0 aromatic heterocycles. The molecule has 2 heterocycles. The summed E-state index contributed by atoms with van der Waals surface area (Å²) in [4.78, 5) is 40.4. The van der Waals surface area contributed by atoms with Crippen LogP contribution >= 0.6 is 0 Å². The molecular formula is C38H48N4O7. The van der Waals surface area contributed by atoms with Gasteiger partial charge in [0.1, 0.15) is 11.6 Å². The number of nitrogens with two attached hydrogens (primary N) is 1. The number of aliphatic hydroxyl groups is 1. The van der Waals surface area contributed by atoms with Gasteiger partial charge in [-0.05, 0) is 82.0 Å². The lowest BCUT2D eigenvalue weighted by Crippen LogP contribution is -2.45. The average molecular weight is 673 g/mol. The first-order chi connectivity index (χ1) is 23.5. The molecule has 2 aliphatic heterocycles. The fourth-order valence-corrected chi connectivity index (χ4v) is 6.20. The molecule has 4 atom stereocenters. The van der Waals surface area contributed by atoms with Gasteiger partial charge >= 0.3 is 5.97 Å². The van der Waals surface area contributed by atoms with Crippen molar-refractivity contribution in [3.63, 3.8) is 0 Å². The van der Waals surface area contributed by atoms with Gasteiger partial charge in [0.25, 0.3) is 0 Å². The van der Waals surface area contributed by atoms with E-state index in [1.54, 1.807) is 30.3 Å². The Morgan fingerprint density at radius 1 is 0.939 bits per heavy atom. The van der Waals surface area contributed by atoms with Crippen molar-refractivity contribution >= 4 is 34.8 Å². The number of hydrogen-bond acceptors (Lipinski definition) is 9. The smallest absolute Gasteiger partial charge is 0.323 e. The average Bonchev–Trinajstić information content (AvgIpc) is 3.53. The first-order valence-electron chi connectivity index (χ1n) is 17.0. The van der Waals surface area contributed by atoms with Gasteiger partial charge in [0, 0.05) is 37.1 Å². The van der Waals surface area contributed by atoms with Crippen molar-refractivity contribution in [1.29, 1.82) is 0 Å². The minimum absolute atomic E-state index is 0.0459. The van der Waals surface area contributed by atoms with E-state index >= 15 is 0 Å². The molecule has 2 aliphatic rings. The molecule has 0 unspecified atom stereocenters. The van der Waals surface area contributed by atoms with Gasteiger partial charge in [-0.2, -0.15) is 0 Å². The summed E-state index contributed by atoms with van der Waals surface area (Å²) in [6.07, 6.45) is 1.66. The number of para-hydroxylation sites is 2. The summed E-state index contributed by atoms with van der Waals surface area (Å²) < 4.78 is 18.8. The van der Waals surface area contributed by atoms with E-state index in [9.17, 15) is 19.5 Å². The molecular weight excluding hydrogens is 624 g/mol. The summed E-state index contributed by atoms with van der Waals surface area (Å²) in [7, 11) is 0. The van der Waals surface area contributed by atoms with Crippen LogP contribution in [0.5, 0.6) is 0 Å². The van der Waals surface area contributed by atoms with Crippen LogP contribution in [0.4, 0.5) is 17.1 Å². The summed E-state index contributed by atoms with van der Waals surface area (Å²) in [5.74, 6) is -0.632. The summed E-state index contributed by atoms with van der Waals surface area (Å²) in [6, 6.07) is 21.8. The molecule has 0 saturated carbocycles. The first kappa shape index (κ1) is 36.0. The topological polar surface area (TPSA) is 152 Å². The van der Waals surface area contributed by atoms with Crippen LogP contribution < -0.4 is 16.4 Å². The van der Waals surface area contributed by atoms with Gasteiger partial charge in [0.05, 0.1) is 30.2 Å². The number of hydrogen-bond donors (Lipinski definition) is 4. The number of carbonyl (C=O) groups excluding carboxylic acids is 3. The van der Waals surface area contributed by atoms with E-state index in [1.807, 2.05) is 63.2 Å². The van der Waals surface area contributed by atoms with Crippen molar-refractivity contribution in [3.05, 3.63) is 89.5 Å². The van der Waals surface area contributed by atoms with Crippen molar-refractivity contribution < 1.29 is 33.7 Å². The minimum atomic E-state index is -0.727. The number of carbonyl (C=O) groups is 3. The second-order valence-corrected chi connectivity index (χ2v) is 13.7. The van der Waals surface area contributed by atoms with Crippen LogP contribution in [-0.2, 0) is 35.2 Å². The van der Waals surface area contributed by atoms with Gasteiger partial charge in [-0.25, -0.2) is 0 Å². The zero-order valence-electron chi connectivity index (χ0n) is 28.5. The van der Waals surface area contributed by atoms with E-state index in [4.69, 9.17) is 19.9 Å². The highest BCUT2D eigenvalue weighted by Crippen LogP contribution is 2.39. The van der Waals surface area contributed by atoms with Crippen molar-refractivity contribution in [1.82, 2.24) is 4.90 Å². The Morgan fingerprint density at radius 2 is 1.67 bits per heavy atom. The number of ether oxygens (including phenoxy) is 3. The lowest BCUT2D eigenvalue weighted by molar-refractivity contribution is -0.253. The standard InChI is InChI=1S/C38H48N4O7/c1-38(2,3)49-36(46)32-13-8-20-42(32)23-29-22-33(26-18-16-25(24-43)17-19-26)48-37(47-29)27-9-6-10-28(21-27)40-34(44)14-7-15-35(45)41-31-12-5-4-11-30(31)39/h4-6,9-12,16-19,21,29,32-33,37,43H,7-8,13-15,20,22-24,39H2,1-3H3,(H,40,44)(H,41,45)/t29-,32+,33+,37+/m1/s1. The second-order valence-electron chi connectivity index (χ2n) is 13.7. The van der Waals surface area contributed by atoms with Crippen molar-refractivity contribution in [3.8, 4) is 0 Å². The highest BCUT2D eigenvalue weighted by atomic mass is 16.7. The fourth-order valence-electron chi connectivity index (χ4n) is 6.20. The van der Waals surface area contributed by atoms with E-state index in [0.717, 1.165) is 36.1 Å². The monoisotopic (exact) mass is 672 g/mol. The predicted molar refractivity (Wildman–Crippen MR) is 187 cm³/mol. The molecule has 3 aromatic rings. The number of likely N-dealkylation sites (tertiary alicyclic amines) is 1. The van der Waals surface area contributed by atoms with E-state index in [1.165, 1.54) is 0 Å². The van der Waals surface area contributed by atoms with E-state index in [0.29, 0.717) is 36.4 Å². The molecule has 0 bridgehead atoms. The van der Waals surface area contributed by atoms with Crippen LogP contribution in [0.2, 0.25) is 0 Å². The largest absolute Gasteiger partial charge is 0.459 e. The molecule has 262 valence electrons. The number of esters is 1. The molecule has 0 spiro atoms. The number of benzene rings is 3. The van der Waals surface area contributed by atoms with Crippen molar-refractivity contribution in [2.45, 2.75) is 96.0 Å². The molecule has 11 heteroatoms. The SMILES string of the molecule is CC(C)(C)OC(=O)[C@@H]1CCCN1C[C@H]1C[C@@H](c2ccc(CO)cc2)O[C@@H](c2cccc(NC(=O)CCCC(=O)Nc3ccccc3N)c2)O1. The molecule has 49 heavy (non-hydrogen) atoms. The molecule has 2 saturated heterocycles. The number of amides is 2. The number of aliphatic hydroxyl groups excluding tert-OH is 1. The van der Waals surface area contributed by atoms with Crippen LogP contribution in [0, 0.1) is 0 Å². The maximum atomic E-state index is 13.0. The zero-order valence-corrected chi connectivity index (χ0v) is 28.5. The number of nitrogens with zero attached hydrogens (tertiary/aromatic N) is 1. The summed E-state index contributed by atoms with van der Waals surface area (Å²) in [5.41, 5.74) is 9.47. The summed E-state index contributed by atoms with van der Waals surface area (Å²) in [6.45, 7) is 6.90. The van der Waals surface area contributed by atoms with E-state index < -0.39 is 11.9 Å². The fraction of sp³-hybridized carbons (Fsp3) is 0.447. The highest BCUT2D eigenvalue weighted by Gasteiger charge is 2.39. The number of nitrogen functional groups attached to an aromatic ring is 1. The Kier molecular flexibility index (Phi) is 12.1. The third-order valence-corrected chi connectivity index (χ3v) is 8.58. The van der Waals surface area contributed by atoms with Crippen LogP contribution in [-0.4, -0.2) is 58.6 Å². The molecule has 0 aliphatic carbocycles.